The second-order valence-electron chi connectivity index (χ2n) is 8.62. The number of anilines is 1. The van der Waals surface area contributed by atoms with E-state index in [2.05, 4.69) is 10.3 Å². The zero-order valence-corrected chi connectivity index (χ0v) is 21.0. The second-order valence-corrected chi connectivity index (χ2v) is 11.6. The number of hydrogen-bond donors (Lipinski definition) is 1. The fourth-order valence-electron chi connectivity index (χ4n) is 4.15. The number of rotatable bonds is 5. The van der Waals surface area contributed by atoms with E-state index in [1.54, 1.807) is 11.3 Å². The molecule has 2 heterocycles. The third-order valence-electron chi connectivity index (χ3n) is 5.82. The maximum atomic E-state index is 13.0. The summed E-state index contributed by atoms with van der Waals surface area (Å²) in [5.74, 6) is -0.310. The number of ether oxygens (including phenoxy) is 1. The molecule has 2 unspecified atom stereocenters. The maximum absolute atomic E-state index is 13.0. The Morgan fingerprint density at radius 2 is 1.63 bits per heavy atom. The topological polar surface area (TPSA) is 88.6 Å². The summed E-state index contributed by atoms with van der Waals surface area (Å²) in [4.78, 5) is 17.6. The van der Waals surface area contributed by atoms with Crippen LogP contribution in [0.1, 0.15) is 24.2 Å². The molecule has 1 N–H and O–H groups in total. The highest BCUT2D eigenvalue weighted by Crippen LogP contribution is 2.30. The van der Waals surface area contributed by atoms with Crippen molar-refractivity contribution in [3.8, 4) is 10.6 Å². The third kappa shape index (κ3) is 4.99. The van der Waals surface area contributed by atoms with E-state index in [-0.39, 0.29) is 23.0 Å². The van der Waals surface area contributed by atoms with Gasteiger partial charge in [0.15, 0.2) is 0 Å². The van der Waals surface area contributed by atoms with Gasteiger partial charge in [-0.2, -0.15) is 4.31 Å². The number of morpholine rings is 1. The van der Waals surface area contributed by atoms with Crippen LogP contribution < -0.4 is 5.32 Å². The monoisotopic (exact) mass is 507 g/mol. The second kappa shape index (κ2) is 9.50. The molecule has 9 heteroatoms. The van der Waals surface area contributed by atoms with Gasteiger partial charge in [0, 0.05) is 29.9 Å². The van der Waals surface area contributed by atoms with Crippen molar-refractivity contribution < 1.29 is 17.9 Å². The SMILES string of the molecule is CC1CN(S(=O)(=O)c2ccc(C(=O)Nc3ccc(-c4nc5ccccc5s4)cc3)cc2)CC(C)O1. The van der Waals surface area contributed by atoms with E-state index in [0.717, 1.165) is 20.8 Å². The molecule has 180 valence electrons. The van der Waals surface area contributed by atoms with Gasteiger partial charge >= 0.3 is 0 Å². The molecule has 0 bridgehead atoms. The van der Waals surface area contributed by atoms with Crippen molar-refractivity contribution in [3.63, 3.8) is 0 Å². The van der Waals surface area contributed by atoms with Crippen molar-refractivity contribution in [2.45, 2.75) is 31.0 Å². The van der Waals surface area contributed by atoms with Gasteiger partial charge in [0.05, 0.1) is 27.3 Å². The standard InChI is InChI=1S/C26H25N3O4S2/c1-17-15-29(16-18(2)33-17)35(31,32)22-13-9-19(10-14-22)25(30)27-21-11-7-20(8-12-21)26-28-23-5-3-4-6-24(23)34-26/h3-14,17-18H,15-16H2,1-2H3,(H,27,30). The van der Waals surface area contributed by atoms with E-state index < -0.39 is 10.0 Å². The molecule has 3 aromatic carbocycles. The lowest BCUT2D eigenvalue weighted by molar-refractivity contribution is -0.0440. The van der Waals surface area contributed by atoms with Crippen LogP contribution in [0.2, 0.25) is 0 Å². The van der Waals surface area contributed by atoms with Crippen molar-refractivity contribution in [2.75, 3.05) is 18.4 Å². The molecule has 1 amide bonds. The fourth-order valence-corrected chi connectivity index (χ4v) is 6.71. The summed E-state index contributed by atoms with van der Waals surface area (Å²) in [6.07, 6.45) is -0.334. The molecule has 0 spiro atoms. The molecule has 1 fully saturated rings. The molecule has 5 rings (SSSR count). The van der Waals surface area contributed by atoms with Crippen molar-refractivity contribution in [3.05, 3.63) is 78.4 Å². The Morgan fingerprint density at radius 3 is 2.29 bits per heavy atom. The van der Waals surface area contributed by atoms with E-state index >= 15 is 0 Å². The molecule has 2 atom stereocenters. The van der Waals surface area contributed by atoms with Crippen LogP contribution in [0, 0.1) is 0 Å². The summed E-state index contributed by atoms with van der Waals surface area (Å²) in [5.41, 5.74) is 2.97. The highest BCUT2D eigenvalue weighted by Gasteiger charge is 2.32. The van der Waals surface area contributed by atoms with Crippen molar-refractivity contribution in [1.29, 1.82) is 0 Å². The normalized spacial score (nSPS) is 19.0. The average Bonchev–Trinajstić information content (AvgIpc) is 3.28. The summed E-state index contributed by atoms with van der Waals surface area (Å²) >= 11 is 1.62. The Labute approximate surface area is 208 Å². The number of benzene rings is 3. The Morgan fingerprint density at radius 1 is 0.971 bits per heavy atom. The minimum Gasteiger partial charge on any atom is -0.373 e. The van der Waals surface area contributed by atoms with Gasteiger partial charge in [-0.3, -0.25) is 4.79 Å². The van der Waals surface area contributed by atoms with Crippen LogP contribution in [0.5, 0.6) is 0 Å². The number of nitrogens with zero attached hydrogens (tertiary/aromatic N) is 2. The summed E-state index contributed by atoms with van der Waals surface area (Å²) < 4.78 is 34.2. The summed E-state index contributed by atoms with van der Waals surface area (Å²) in [6.45, 7) is 4.33. The van der Waals surface area contributed by atoms with Gasteiger partial charge in [-0.15, -0.1) is 11.3 Å². The van der Waals surface area contributed by atoms with Crippen molar-refractivity contribution in [1.82, 2.24) is 9.29 Å². The number of carbonyl (C=O) groups excluding carboxylic acids is 1. The third-order valence-corrected chi connectivity index (χ3v) is 8.76. The molecule has 4 aromatic rings. The summed E-state index contributed by atoms with van der Waals surface area (Å²) in [7, 11) is -3.65. The number of thiazole rings is 1. The smallest absolute Gasteiger partial charge is 0.255 e. The first-order valence-corrected chi connectivity index (χ1v) is 13.6. The quantitative estimate of drug-likeness (QED) is 0.410. The molecule has 0 radical (unpaired) electrons. The summed E-state index contributed by atoms with van der Waals surface area (Å²) in [6, 6.07) is 21.5. The number of carbonyl (C=O) groups is 1. The first-order chi connectivity index (χ1) is 16.8. The minimum atomic E-state index is -3.65. The number of nitrogens with one attached hydrogen (secondary N) is 1. The van der Waals surface area contributed by atoms with Gasteiger partial charge in [-0.05, 0) is 74.5 Å². The Bertz CT molecular complexity index is 1420. The molecule has 1 aromatic heterocycles. The van der Waals surface area contributed by atoms with Crippen LogP contribution in [0.4, 0.5) is 5.69 Å². The maximum Gasteiger partial charge on any atom is 0.255 e. The Balaban J connectivity index is 1.27. The zero-order chi connectivity index (χ0) is 24.6. The van der Waals surface area contributed by atoms with Gasteiger partial charge in [0.2, 0.25) is 10.0 Å². The van der Waals surface area contributed by atoms with E-state index in [1.807, 2.05) is 62.4 Å². The molecule has 35 heavy (non-hydrogen) atoms. The highest BCUT2D eigenvalue weighted by molar-refractivity contribution is 7.89. The number of fused-ring (bicyclic) bond motifs is 1. The van der Waals surface area contributed by atoms with Crippen LogP contribution >= 0.6 is 11.3 Å². The van der Waals surface area contributed by atoms with E-state index in [4.69, 9.17) is 4.74 Å². The number of para-hydroxylation sites is 1. The molecular formula is C26H25N3O4S2. The van der Waals surface area contributed by atoms with Gasteiger partial charge < -0.3 is 10.1 Å². The summed E-state index contributed by atoms with van der Waals surface area (Å²) in [5, 5.41) is 3.79. The molecule has 1 aliphatic rings. The van der Waals surface area contributed by atoms with Gasteiger partial charge in [-0.25, -0.2) is 13.4 Å². The predicted molar refractivity (Wildman–Crippen MR) is 138 cm³/mol. The molecule has 1 aliphatic heterocycles. The zero-order valence-electron chi connectivity index (χ0n) is 19.3. The van der Waals surface area contributed by atoms with E-state index in [9.17, 15) is 13.2 Å². The molecule has 7 nitrogen and oxygen atoms in total. The van der Waals surface area contributed by atoms with Crippen LogP contribution in [-0.2, 0) is 14.8 Å². The van der Waals surface area contributed by atoms with E-state index in [0.29, 0.717) is 24.3 Å². The largest absolute Gasteiger partial charge is 0.373 e. The van der Waals surface area contributed by atoms with Crippen LogP contribution in [0.25, 0.3) is 20.8 Å². The lowest BCUT2D eigenvalue weighted by Crippen LogP contribution is -2.48. The van der Waals surface area contributed by atoms with Crippen LogP contribution in [-0.4, -0.2) is 48.9 Å². The first-order valence-electron chi connectivity index (χ1n) is 11.3. The number of aromatic nitrogens is 1. The van der Waals surface area contributed by atoms with Crippen LogP contribution in [0.3, 0.4) is 0 Å². The minimum absolute atomic E-state index is 0.163. The number of amides is 1. The molecule has 0 aliphatic carbocycles. The lowest BCUT2D eigenvalue weighted by Gasteiger charge is -2.34. The van der Waals surface area contributed by atoms with Crippen molar-refractivity contribution in [2.24, 2.45) is 0 Å². The number of hydrogen-bond acceptors (Lipinski definition) is 6. The van der Waals surface area contributed by atoms with E-state index in [1.165, 1.54) is 28.6 Å². The molecule has 1 saturated heterocycles. The predicted octanol–water partition coefficient (Wildman–Crippen LogP) is 5.01. The number of sulfonamides is 1. The molecule has 0 saturated carbocycles. The Kier molecular flexibility index (Phi) is 6.41. The van der Waals surface area contributed by atoms with Crippen LogP contribution in [0.15, 0.2) is 77.7 Å². The molecular weight excluding hydrogens is 482 g/mol. The van der Waals surface area contributed by atoms with Gasteiger partial charge in [-0.1, -0.05) is 12.1 Å². The fraction of sp³-hybridized carbons (Fsp3) is 0.231. The van der Waals surface area contributed by atoms with Gasteiger partial charge in [0.25, 0.3) is 5.91 Å². The van der Waals surface area contributed by atoms with Gasteiger partial charge in [0.1, 0.15) is 5.01 Å². The van der Waals surface area contributed by atoms with Crippen molar-refractivity contribution >= 4 is 43.2 Å². The Hall–Kier alpha value is -3.11. The average molecular weight is 508 g/mol. The first kappa shape index (κ1) is 23.6. The highest BCUT2D eigenvalue weighted by atomic mass is 32.2. The lowest BCUT2D eigenvalue weighted by atomic mass is 10.2.